The van der Waals surface area contributed by atoms with Gasteiger partial charge in [-0.1, -0.05) is 29.3 Å². The van der Waals surface area contributed by atoms with Crippen molar-refractivity contribution in [3.05, 3.63) is 92.1 Å². The Labute approximate surface area is 167 Å². The summed E-state index contributed by atoms with van der Waals surface area (Å²) in [6, 6.07) is 10.1. The summed E-state index contributed by atoms with van der Waals surface area (Å²) < 4.78 is 15.1. The molecule has 0 fully saturated rings. The molecular weight excluding hydrogens is 410 g/mol. The van der Waals surface area contributed by atoms with Crippen LogP contribution in [0.3, 0.4) is 0 Å². The van der Waals surface area contributed by atoms with Gasteiger partial charge in [-0.05, 0) is 36.4 Å². The van der Waals surface area contributed by atoms with E-state index in [9.17, 15) is 18.8 Å². The van der Waals surface area contributed by atoms with Crippen molar-refractivity contribution >= 4 is 40.8 Å². The summed E-state index contributed by atoms with van der Waals surface area (Å²) in [5.41, 5.74) is -0.754. The van der Waals surface area contributed by atoms with E-state index in [0.29, 0.717) is 0 Å². The maximum absolute atomic E-state index is 14.2. The lowest BCUT2D eigenvalue weighted by Gasteiger charge is -2.12. The van der Waals surface area contributed by atoms with Crippen LogP contribution in [0.4, 0.5) is 10.1 Å². The minimum Gasteiger partial charge on any atom is -0.478 e. The Kier molecular flexibility index (Phi) is 5.48. The standard InChI is InChI=1S/C19H11Cl2FN2O4/c20-12-6-4-10(19(27)28)8-15(12)23-18(26)11-5-7-16(25)24(9-11)17-13(21)2-1-3-14(17)22/h1-9H,(H,23,26)(H,27,28). The number of nitrogens with zero attached hydrogens (tertiary/aromatic N) is 1. The second-order valence-electron chi connectivity index (χ2n) is 5.65. The molecule has 0 saturated heterocycles. The van der Waals surface area contributed by atoms with Crippen molar-refractivity contribution < 1.29 is 19.1 Å². The number of para-hydroxylation sites is 1. The highest BCUT2D eigenvalue weighted by atomic mass is 35.5. The minimum atomic E-state index is -1.19. The highest BCUT2D eigenvalue weighted by Gasteiger charge is 2.15. The maximum Gasteiger partial charge on any atom is 0.335 e. The number of nitrogens with one attached hydrogen (secondary N) is 1. The van der Waals surface area contributed by atoms with E-state index in [2.05, 4.69) is 5.32 Å². The largest absolute Gasteiger partial charge is 0.478 e. The molecule has 2 aromatic carbocycles. The van der Waals surface area contributed by atoms with Crippen molar-refractivity contribution in [1.29, 1.82) is 0 Å². The number of carbonyl (C=O) groups excluding carboxylic acids is 1. The molecule has 9 heteroatoms. The molecule has 0 saturated carbocycles. The smallest absolute Gasteiger partial charge is 0.335 e. The van der Waals surface area contributed by atoms with Crippen LogP contribution in [-0.4, -0.2) is 21.6 Å². The third kappa shape index (κ3) is 3.90. The Morgan fingerprint density at radius 3 is 2.39 bits per heavy atom. The average Bonchev–Trinajstić information content (AvgIpc) is 2.64. The zero-order valence-corrected chi connectivity index (χ0v) is 15.5. The lowest BCUT2D eigenvalue weighted by atomic mass is 10.2. The van der Waals surface area contributed by atoms with Gasteiger partial charge in [-0.15, -0.1) is 0 Å². The quantitative estimate of drug-likeness (QED) is 0.660. The highest BCUT2D eigenvalue weighted by molar-refractivity contribution is 6.34. The molecule has 0 radical (unpaired) electrons. The maximum atomic E-state index is 14.2. The number of benzene rings is 2. The van der Waals surface area contributed by atoms with Gasteiger partial charge in [-0.25, -0.2) is 9.18 Å². The van der Waals surface area contributed by atoms with E-state index in [1.54, 1.807) is 0 Å². The molecule has 0 aliphatic heterocycles. The van der Waals surface area contributed by atoms with Crippen LogP contribution in [0.5, 0.6) is 0 Å². The van der Waals surface area contributed by atoms with Crippen molar-refractivity contribution in [2.75, 3.05) is 5.32 Å². The summed E-state index contributed by atoms with van der Waals surface area (Å²) in [7, 11) is 0. The Morgan fingerprint density at radius 2 is 1.71 bits per heavy atom. The zero-order chi connectivity index (χ0) is 20.4. The van der Waals surface area contributed by atoms with E-state index in [1.807, 2.05) is 0 Å². The van der Waals surface area contributed by atoms with Crippen LogP contribution >= 0.6 is 23.2 Å². The molecule has 1 aromatic heterocycles. The zero-order valence-electron chi connectivity index (χ0n) is 13.9. The third-order valence-corrected chi connectivity index (χ3v) is 4.45. The molecule has 6 nitrogen and oxygen atoms in total. The predicted octanol–water partition coefficient (Wildman–Crippen LogP) is 4.23. The number of hydrogen-bond donors (Lipinski definition) is 2. The predicted molar refractivity (Wildman–Crippen MR) is 103 cm³/mol. The number of carboxylic acids is 1. The molecule has 0 unspecified atom stereocenters. The first-order chi connectivity index (χ1) is 13.3. The molecule has 28 heavy (non-hydrogen) atoms. The highest BCUT2D eigenvalue weighted by Crippen LogP contribution is 2.25. The molecule has 1 amide bonds. The van der Waals surface area contributed by atoms with E-state index in [-0.39, 0.29) is 32.5 Å². The second-order valence-corrected chi connectivity index (χ2v) is 6.46. The molecule has 142 valence electrons. The number of carbonyl (C=O) groups is 2. The Morgan fingerprint density at radius 1 is 1.00 bits per heavy atom. The molecular formula is C19H11Cl2FN2O4. The second kappa shape index (κ2) is 7.84. The van der Waals surface area contributed by atoms with Crippen molar-refractivity contribution in [3.63, 3.8) is 0 Å². The van der Waals surface area contributed by atoms with E-state index >= 15 is 0 Å². The van der Waals surface area contributed by atoms with Gasteiger partial charge in [0.05, 0.1) is 26.9 Å². The van der Waals surface area contributed by atoms with Gasteiger partial charge in [0.2, 0.25) is 0 Å². The average molecular weight is 421 g/mol. The summed E-state index contributed by atoms with van der Waals surface area (Å²) in [5.74, 6) is -2.59. The molecule has 3 rings (SSSR count). The van der Waals surface area contributed by atoms with Gasteiger partial charge >= 0.3 is 5.97 Å². The fraction of sp³-hybridized carbons (Fsp3) is 0. The number of halogens is 3. The number of pyridine rings is 1. The Bertz CT molecular complexity index is 1140. The topological polar surface area (TPSA) is 88.4 Å². The summed E-state index contributed by atoms with van der Waals surface area (Å²) >= 11 is 12.0. The van der Waals surface area contributed by atoms with Crippen LogP contribution in [0, 0.1) is 5.82 Å². The first-order valence-corrected chi connectivity index (χ1v) is 8.55. The van der Waals surface area contributed by atoms with Crippen LogP contribution in [0.25, 0.3) is 5.69 Å². The first kappa shape index (κ1) is 19.6. The number of aromatic carboxylic acids is 1. The van der Waals surface area contributed by atoms with Gasteiger partial charge in [0.1, 0.15) is 11.5 Å². The van der Waals surface area contributed by atoms with Crippen molar-refractivity contribution in [2.24, 2.45) is 0 Å². The SMILES string of the molecule is O=C(O)c1ccc(Cl)c(NC(=O)c2ccc(=O)n(-c3c(F)cccc3Cl)c2)c1. The number of anilines is 1. The normalized spacial score (nSPS) is 10.5. The van der Waals surface area contributed by atoms with Crippen LogP contribution < -0.4 is 10.9 Å². The van der Waals surface area contributed by atoms with E-state index in [4.69, 9.17) is 28.3 Å². The fourth-order valence-corrected chi connectivity index (χ4v) is 2.88. The lowest BCUT2D eigenvalue weighted by molar-refractivity contribution is 0.0696. The van der Waals surface area contributed by atoms with Crippen molar-refractivity contribution in [2.45, 2.75) is 0 Å². The van der Waals surface area contributed by atoms with Crippen molar-refractivity contribution in [1.82, 2.24) is 4.57 Å². The molecule has 0 spiro atoms. The molecule has 3 aromatic rings. The molecule has 0 aliphatic carbocycles. The van der Waals surface area contributed by atoms with Gasteiger partial charge in [0.15, 0.2) is 0 Å². The summed E-state index contributed by atoms with van der Waals surface area (Å²) in [5, 5.41) is 11.7. The molecule has 0 aliphatic rings. The van der Waals surface area contributed by atoms with E-state index < -0.39 is 23.3 Å². The molecule has 0 bridgehead atoms. The number of hydrogen-bond acceptors (Lipinski definition) is 3. The number of rotatable bonds is 4. The minimum absolute atomic E-state index is 0.00291. The fourth-order valence-electron chi connectivity index (χ4n) is 2.46. The van der Waals surface area contributed by atoms with Crippen LogP contribution in [-0.2, 0) is 0 Å². The number of carboxylic acid groups (broad SMARTS) is 1. The van der Waals surface area contributed by atoms with Crippen LogP contribution in [0.1, 0.15) is 20.7 Å². The molecule has 1 heterocycles. The molecule has 2 N–H and O–H groups in total. The van der Waals surface area contributed by atoms with E-state index in [0.717, 1.165) is 22.9 Å². The number of aromatic nitrogens is 1. The molecule has 0 atom stereocenters. The van der Waals surface area contributed by atoms with Gasteiger partial charge in [-0.3, -0.25) is 14.2 Å². The third-order valence-electron chi connectivity index (χ3n) is 3.81. The summed E-state index contributed by atoms with van der Waals surface area (Å²) in [6.07, 6.45) is 1.14. The number of amides is 1. The summed E-state index contributed by atoms with van der Waals surface area (Å²) in [4.78, 5) is 35.8. The Balaban J connectivity index is 2.00. The monoisotopic (exact) mass is 420 g/mol. The van der Waals surface area contributed by atoms with Gasteiger partial charge in [0.25, 0.3) is 11.5 Å². The Hall–Kier alpha value is -3.16. The van der Waals surface area contributed by atoms with Crippen LogP contribution in [0.2, 0.25) is 10.0 Å². The van der Waals surface area contributed by atoms with Crippen LogP contribution in [0.15, 0.2) is 59.5 Å². The first-order valence-electron chi connectivity index (χ1n) is 7.79. The summed E-state index contributed by atoms with van der Waals surface area (Å²) in [6.45, 7) is 0. The van der Waals surface area contributed by atoms with Gasteiger partial charge < -0.3 is 10.4 Å². The lowest BCUT2D eigenvalue weighted by Crippen LogP contribution is -2.22. The van der Waals surface area contributed by atoms with Gasteiger partial charge in [-0.2, -0.15) is 0 Å². The van der Waals surface area contributed by atoms with E-state index in [1.165, 1.54) is 36.4 Å². The van der Waals surface area contributed by atoms with Gasteiger partial charge in [0, 0.05) is 12.3 Å². The van der Waals surface area contributed by atoms with Crippen molar-refractivity contribution in [3.8, 4) is 5.69 Å².